The van der Waals surface area contributed by atoms with Gasteiger partial charge in [0.25, 0.3) is 10.1 Å². The zero-order chi connectivity index (χ0) is 16.1. The first-order valence-electron chi connectivity index (χ1n) is 8.06. The Labute approximate surface area is 186 Å². The molecular weight excluding hydrogens is 336 g/mol. The third-order valence-electron chi connectivity index (χ3n) is 3.60. The van der Waals surface area contributed by atoms with Crippen LogP contribution in [0, 0.1) is 0 Å². The van der Waals surface area contributed by atoms with E-state index >= 15 is 0 Å². The summed E-state index contributed by atoms with van der Waals surface area (Å²) in [6, 6.07) is 0. The molecule has 0 heterocycles. The standard InChI is InChI=1S/C15H31NO4S.2Na.2H/c1-3-4-5-6-7-8-9-10-11-12-15(17)16(2)13-14-21(18,19)20;;;;/h3-14H2,1-2H3,(H,18,19,20);;;;. The molecule has 0 bridgehead atoms. The number of unbranched alkanes of at least 4 members (excludes halogenated alkanes) is 8. The Morgan fingerprint density at radius 2 is 1.35 bits per heavy atom. The van der Waals surface area contributed by atoms with Crippen LogP contribution in [0.3, 0.4) is 0 Å². The molecule has 1 amide bonds. The normalized spacial score (nSPS) is 10.6. The average Bonchev–Trinajstić information content (AvgIpc) is 2.41. The number of rotatable bonds is 13. The van der Waals surface area contributed by atoms with E-state index in [0.29, 0.717) is 6.42 Å². The Morgan fingerprint density at radius 3 is 1.78 bits per heavy atom. The number of carbonyl (C=O) groups is 1. The molecule has 0 fully saturated rings. The van der Waals surface area contributed by atoms with Crippen LogP contribution in [0.2, 0.25) is 0 Å². The maximum atomic E-state index is 11.7. The molecule has 0 atom stereocenters. The Morgan fingerprint density at radius 1 is 0.913 bits per heavy atom. The minimum atomic E-state index is -3.99. The van der Waals surface area contributed by atoms with Crippen molar-refractivity contribution >= 4 is 75.1 Å². The van der Waals surface area contributed by atoms with Crippen LogP contribution in [0.1, 0.15) is 71.1 Å². The quantitative estimate of drug-likeness (QED) is 0.306. The third kappa shape index (κ3) is 21.3. The van der Waals surface area contributed by atoms with Gasteiger partial charge in [-0.2, -0.15) is 8.42 Å². The molecule has 0 aliphatic heterocycles. The monoisotopic (exact) mass is 369 g/mol. The summed E-state index contributed by atoms with van der Waals surface area (Å²) in [5.74, 6) is -0.450. The molecule has 0 aliphatic rings. The number of hydrogen-bond acceptors (Lipinski definition) is 3. The summed E-state index contributed by atoms with van der Waals surface area (Å²) in [6.45, 7) is 2.26. The van der Waals surface area contributed by atoms with Gasteiger partial charge in [-0.1, -0.05) is 58.3 Å². The predicted octanol–water partition coefficient (Wildman–Crippen LogP) is 1.96. The molecule has 0 radical (unpaired) electrons. The van der Waals surface area contributed by atoms with Crippen molar-refractivity contribution in [3.05, 3.63) is 0 Å². The molecular formula is C15H33NNa2O4S. The number of amides is 1. The van der Waals surface area contributed by atoms with Crippen molar-refractivity contribution in [3.63, 3.8) is 0 Å². The van der Waals surface area contributed by atoms with Crippen molar-refractivity contribution in [1.82, 2.24) is 4.90 Å². The van der Waals surface area contributed by atoms with Crippen molar-refractivity contribution in [2.75, 3.05) is 19.3 Å². The van der Waals surface area contributed by atoms with E-state index in [9.17, 15) is 13.2 Å². The van der Waals surface area contributed by atoms with Gasteiger partial charge >= 0.3 is 59.1 Å². The van der Waals surface area contributed by atoms with Gasteiger partial charge in [-0.05, 0) is 6.42 Å². The number of carbonyl (C=O) groups excluding carboxylic acids is 1. The van der Waals surface area contributed by atoms with Crippen LogP contribution < -0.4 is 0 Å². The molecule has 0 aromatic rings. The molecule has 0 rings (SSSR count). The van der Waals surface area contributed by atoms with Crippen LogP contribution in [-0.4, -0.2) is 102 Å². The van der Waals surface area contributed by atoms with Gasteiger partial charge in [0.2, 0.25) is 5.91 Å². The van der Waals surface area contributed by atoms with Crippen LogP contribution in [0.25, 0.3) is 0 Å². The van der Waals surface area contributed by atoms with Crippen LogP contribution in [0.4, 0.5) is 0 Å². The molecule has 0 saturated carbocycles. The zero-order valence-corrected chi connectivity index (χ0v) is 14.3. The summed E-state index contributed by atoms with van der Waals surface area (Å²) < 4.78 is 29.8. The molecule has 23 heavy (non-hydrogen) atoms. The van der Waals surface area contributed by atoms with E-state index in [1.54, 1.807) is 7.05 Å². The molecule has 0 aromatic heterocycles. The molecule has 8 heteroatoms. The van der Waals surface area contributed by atoms with E-state index in [4.69, 9.17) is 4.55 Å². The molecule has 1 N–H and O–H groups in total. The van der Waals surface area contributed by atoms with Crippen LogP contribution >= 0.6 is 0 Å². The second-order valence-electron chi connectivity index (χ2n) is 5.68. The fourth-order valence-corrected chi connectivity index (χ4v) is 2.66. The van der Waals surface area contributed by atoms with E-state index in [2.05, 4.69) is 6.92 Å². The van der Waals surface area contributed by atoms with Crippen LogP contribution in [-0.2, 0) is 14.9 Å². The van der Waals surface area contributed by atoms with Gasteiger partial charge in [0, 0.05) is 20.0 Å². The van der Waals surface area contributed by atoms with E-state index in [1.807, 2.05) is 0 Å². The second kappa shape index (κ2) is 18.2. The van der Waals surface area contributed by atoms with Gasteiger partial charge in [0.05, 0.1) is 5.75 Å². The van der Waals surface area contributed by atoms with E-state index in [-0.39, 0.29) is 71.6 Å². The van der Waals surface area contributed by atoms with Gasteiger partial charge < -0.3 is 4.90 Å². The third-order valence-corrected chi connectivity index (χ3v) is 4.30. The molecule has 0 spiro atoms. The van der Waals surface area contributed by atoms with Gasteiger partial charge in [0.1, 0.15) is 0 Å². The Hall–Kier alpha value is 1.38. The molecule has 0 saturated heterocycles. The van der Waals surface area contributed by atoms with Gasteiger partial charge in [-0.25, -0.2) is 0 Å². The second-order valence-corrected chi connectivity index (χ2v) is 7.25. The first kappa shape index (κ1) is 29.2. The fourth-order valence-electron chi connectivity index (χ4n) is 2.15. The summed E-state index contributed by atoms with van der Waals surface area (Å²) in [7, 11) is -2.42. The molecule has 0 aromatic carbocycles. The van der Waals surface area contributed by atoms with Gasteiger partial charge in [0.15, 0.2) is 0 Å². The van der Waals surface area contributed by atoms with Crippen molar-refractivity contribution in [2.24, 2.45) is 0 Å². The summed E-state index contributed by atoms with van der Waals surface area (Å²) in [6.07, 6.45) is 11.3. The summed E-state index contributed by atoms with van der Waals surface area (Å²) in [5.41, 5.74) is 0. The molecule has 0 aliphatic carbocycles. The van der Waals surface area contributed by atoms with Crippen molar-refractivity contribution in [3.8, 4) is 0 Å². The topological polar surface area (TPSA) is 74.7 Å². The molecule has 0 unspecified atom stereocenters. The molecule has 130 valence electrons. The van der Waals surface area contributed by atoms with E-state index in [0.717, 1.165) is 19.3 Å². The summed E-state index contributed by atoms with van der Waals surface area (Å²) in [4.78, 5) is 13.1. The van der Waals surface area contributed by atoms with Crippen molar-refractivity contribution in [1.29, 1.82) is 0 Å². The van der Waals surface area contributed by atoms with Crippen LogP contribution in [0.15, 0.2) is 0 Å². The first-order chi connectivity index (χ1) is 9.87. The average molecular weight is 369 g/mol. The van der Waals surface area contributed by atoms with Crippen molar-refractivity contribution in [2.45, 2.75) is 71.1 Å². The minimum absolute atomic E-state index is 0. The Bertz CT molecular complexity index is 378. The predicted molar refractivity (Wildman–Crippen MR) is 100 cm³/mol. The molecule has 5 nitrogen and oxygen atoms in total. The van der Waals surface area contributed by atoms with E-state index in [1.165, 1.54) is 43.4 Å². The summed E-state index contributed by atoms with van der Waals surface area (Å²) in [5, 5.41) is 0. The zero-order valence-electron chi connectivity index (χ0n) is 13.5. The summed E-state index contributed by atoms with van der Waals surface area (Å²) >= 11 is 0. The Kier molecular flexibility index (Phi) is 23.0. The fraction of sp³-hybridized carbons (Fsp3) is 0.933. The van der Waals surface area contributed by atoms with Crippen LogP contribution in [0.5, 0.6) is 0 Å². The first-order valence-corrected chi connectivity index (χ1v) is 9.67. The van der Waals surface area contributed by atoms with Crippen molar-refractivity contribution < 1.29 is 17.8 Å². The SMILES string of the molecule is CCCCCCCCCCCC(=O)N(C)CCS(=O)(=O)O.[NaH].[NaH]. The number of hydrogen-bond donors (Lipinski definition) is 1. The van der Waals surface area contributed by atoms with E-state index < -0.39 is 15.9 Å². The number of nitrogens with zero attached hydrogens (tertiary/aromatic N) is 1. The van der Waals surface area contributed by atoms with Gasteiger partial charge in [-0.3, -0.25) is 9.35 Å². The van der Waals surface area contributed by atoms with Gasteiger partial charge in [-0.15, -0.1) is 0 Å². The Balaban J connectivity index is -0.00000200. The maximum absolute atomic E-state index is 11.7.